The van der Waals surface area contributed by atoms with Crippen LogP contribution < -0.4 is 5.32 Å². The largest absolute Gasteiger partial charge is 0.367 e. The van der Waals surface area contributed by atoms with Gasteiger partial charge in [0, 0.05) is 6.04 Å². The van der Waals surface area contributed by atoms with Crippen molar-refractivity contribution in [3.63, 3.8) is 0 Å². The summed E-state index contributed by atoms with van der Waals surface area (Å²) < 4.78 is 14.8. The van der Waals surface area contributed by atoms with Crippen LogP contribution in [0.15, 0.2) is 36.8 Å². The van der Waals surface area contributed by atoms with E-state index in [0.717, 1.165) is 22.5 Å². The molecule has 0 radical (unpaired) electrons. The van der Waals surface area contributed by atoms with Crippen molar-refractivity contribution in [3.8, 4) is 5.69 Å². The minimum Gasteiger partial charge on any atom is -0.367 e. The standard InChI is InChI=1S/C17H18FN5/c18-12-6-8-14(9-7-12)23-17-15(10-21-23)16(19-11-20-17)22-13-4-2-1-3-5-13/h6-11,13H,1-5H2,(H,19,20,22). The lowest BCUT2D eigenvalue weighted by Gasteiger charge is -2.23. The number of anilines is 1. The fraction of sp³-hybridized carbons (Fsp3) is 0.353. The molecule has 1 saturated carbocycles. The van der Waals surface area contributed by atoms with Gasteiger partial charge in [-0.3, -0.25) is 0 Å². The molecule has 4 rings (SSSR count). The monoisotopic (exact) mass is 311 g/mol. The van der Waals surface area contributed by atoms with Gasteiger partial charge in [0.2, 0.25) is 0 Å². The Morgan fingerprint density at radius 3 is 2.61 bits per heavy atom. The first-order chi connectivity index (χ1) is 11.3. The van der Waals surface area contributed by atoms with Crippen LogP contribution in [-0.2, 0) is 0 Å². The van der Waals surface area contributed by atoms with Crippen molar-refractivity contribution in [1.82, 2.24) is 19.7 Å². The van der Waals surface area contributed by atoms with Gasteiger partial charge < -0.3 is 5.32 Å². The van der Waals surface area contributed by atoms with Crippen molar-refractivity contribution < 1.29 is 4.39 Å². The summed E-state index contributed by atoms with van der Waals surface area (Å²) in [6, 6.07) is 6.70. The molecule has 0 spiro atoms. The Kier molecular flexibility index (Phi) is 3.65. The first kappa shape index (κ1) is 14.1. The van der Waals surface area contributed by atoms with Crippen LogP contribution in [0.2, 0.25) is 0 Å². The Bertz CT molecular complexity index is 805. The number of halogens is 1. The third-order valence-corrected chi connectivity index (χ3v) is 4.38. The molecule has 1 aromatic carbocycles. The summed E-state index contributed by atoms with van der Waals surface area (Å²) >= 11 is 0. The van der Waals surface area contributed by atoms with E-state index in [1.54, 1.807) is 29.3 Å². The number of hydrogen-bond donors (Lipinski definition) is 1. The molecule has 0 bridgehead atoms. The second kappa shape index (κ2) is 5.95. The highest BCUT2D eigenvalue weighted by atomic mass is 19.1. The van der Waals surface area contributed by atoms with E-state index >= 15 is 0 Å². The zero-order valence-electron chi connectivity index (χ0n) is 12.7. The molecule has 118 valence electrons. The number of nitrogens with one attached hydrogen (secondary N) is 1. The third kappa shape index (κ3) is 2.76. The van der Waals surface area contributed by atoms with Gasteiger partial charge in [-0.2, -0.15) is 5.10 Å². The lowest BCUT2D eigenvalue weighted by Crippen LogP contribution is -2.22. The summed E-state index contributed by atoms with van der Waals surface area (Å²) in [6.45, 7) is 0. The quantitative estimate of drug-likeness (QED) is 0.801. The maximum atomic E-state index is 13.1. The molecule has 2 heterocycles. The summed E-state index contributed by atoms with van der Waals surface area (Å²) in [6.07, 6.45) is 9.52. The number of fused-ring (bicyclic) bond motifs is 1. The Balaban J connectivity index is 1.69. The lowest BCUT2D eigenvalue weighted by molar-refractivity contribution is 0.462. The van der Waals surface area contributed by atoms with E-state index in [2.05, 4.69) is 20.4 Å². The Hall–Kier alpha value is -2.50. The van der Waals surface area contributed by atoms with Gasteiger partial charge >= 0.3 is 0 Å². The predicted molar refractivity (Wildman–Crippen MR) is 87.1 cm³/mol. The SMILES string of the molecule is Fc1ccc(-n2ncc3c(NC4CCCCC4)ncnc32)cc1. The van der Waals surface area contributed by atoms with E-state index in [1.807, 2.05) is 0 Å². The lowest BCUT2D eigenvalue weighted by atomic mass is 9.95. The first-order valence-corrected chi connectivity index (χ1v) is 8.02. The molecular weight excluding hydrogens is 293 g/mol. The predicted octanol–water partition coefficient (Wildman–Crippen LogP) is 3.70. The maximum absolute atomic E-state index is 13.1. The number of benzene rings is 1. The van der Waals surface area contributed by atoms with Crippen molar-refractivity contribution in [3.05, 3.63) is 42.6 Å². The molecular formula is C17H18FN5. The fourth-order valence-corrected chi connectivity index (χ4v) is 3.17. The van der Waals surface area contributed by atoms with Crippen LogP contribution in [0.5, 0.6) is 0 Å². The zero-order valence-corrected chi connectivity index (χ0v) is 12.7. The summed E-state index contributed by atoms with van der Waals surface area (Å²) in [4.78, 5) is 8.74. The summed E-state index contributed by atoms with van der Waals surface area (Å²) in [5, 5.41) is 8.83. The van der Waals surface area contributed by atoms with E-state index in [0.29, 0.717) is 6.04 Å². The Labute approximate surface area is 133 Å². The Morgan fingerprint density at radius 1 is 1.04 bits per heavy atom. The van der Waals surface area contributed by atoms with Gasteiger partial charge in [0.15, 0.2) is 5.65 Å². The molecule has 1 fully saturated rings. The molecule has 0 aliphatic heterocycles. The normalized spacial score (nSPS) is 15.9. The molecule has 23 heavy (non-hydrogen) atoms. The van der Waals surface area contributed by atoms with Crippen LogP contribution in [-0.4, -0.2) is 25.8 Å². The van der Waals surface area contributed by atoms with E-state index < -0.39 is 0 Å². The number of nitrogens with zero attached hydrogens (tertiary/aromatic N) is 4. The zero-order chi connectivity index (χ0) is 15.6. The van der Waals surface area contributed by atoms with Crippen LogP contribution in [0.3, 0.4) is 0 Å². The molecule has 1 aliphatic rings. The highest BCUT2D eigenvalue weighted by Crippen LogP contribution is 2.25. The topological polar surface area (TPSA) is 55.6 Å². The molecule has 0 atom stereocenters. The van der Waals surface area contributed by atoms with Crippen LogP contribution in [0, 0.1) is 5.82 Å². The highest BCUT2D eigenvalue weighted by Gasteiger charge is 2.17. The molecule has 1 N–H and O–H groups in total. The second-order valence-corrected chi connectivity index (χ2v) is 5.97. The van der Waals surface area contributed by atoms with Gasteiger partial charge in [-0.15, -0.1) is 0 Å². The first-order valence-electron chi connectivity index (χ1n) is 8.02. The molecule has 0 unspecified atom stereocenters. The van der Waals surface area contributed by atoms with Gasteiger partial charge in [-0.05, 0) is 37.1 Å². The second-order valence-electron chi connectivity index (χ2n) is 5.97. The van der Waals surface area contributed by atoms with Crippen molar-refractivity contribution >= 4 is 16.9 Å². The number of aromatic nitrogens is 4. The third-order valence-electron chi connectivity index (χ3n) is 4.38. The van der Waals surface area contributed by atoms with Crippen molar-refractivity contribution in [1.29, 1.82) is 0 Å². The summed E-state index contributed by atoms with van der Waals surface area (Å²) in [5.41, 5.74) is 1.51. The molecule has 6 heteroatoms. The van der Waals surface area contributed by atoms with Crippen LogP contribution >= 0.6 is 0 Å². The van der Waals surface area contributed by atoms with Gasteiger partial charge in [0.25, 0.3) is 0 Å². The highest BCUT2D eigenvalue weighted by molar-refractivity contribution is 5.87. The van der Waals surface area contributed by atoms with Crippen LogP contribution in [0.25, 0.3) is 16.7 Å². The minimum absolute atomic E-state index is 0.264. The van der Waals surface area contributed by atoms with E-state index in [9.17, 15) is 4.39 Å². The number of rotatable bonds is 3. The van der Waals surface area contributed by atoms with Gasteiger partial charge in [-0.25, -0.2) is 19.0 Å². The molecule has 1 aliphatic carbocycles. The van der Waals surface area contributed by atoms with Crippen LogP contribution in [0.1, 0.15) is 32.1 Å². The molecule has 2 aromatic heterocycles. The Morgan fingerprint density at radius 2 is 1.83 bits per heavy atom. The van der Waals surface area contributed by atoms with Crippen molar-refractivity contribution in [2.75, 3.05) is 5.32 Å². The summed E-state index contributed by atoms with van der Waals surface area (Å²) in [7, 11) is 0. The van der Waals surface area contributed by atoms with Gasteiger partial charge in [0.1, 0.15) is 18.0 Å². The molecule has 0 saturated heterocycles. The molecule has 0 amide bonds. The van der Waals surface area contributed by atoms with Crippen molar-refractivity contribution in [2.45, 2.75) is 38.1 Å². The van der Waals surface area contributed by atoms with Crippen LogP contribution in [0.4, 0.5) is 10.2 Å². The van der Waals surface area contributed by atoms with E-state index in [1.165, 1.54) is 44.2 Å². The minimum atomic E-state index is -0.264. The van der Waals surface area contributed by atoms with Gasteiger partial charge in [0.05, 0.1) is 17.3 Å². The van der Waals surface area contributed by atoms with Crippen molar-refractivity contribution in [2.24, 2.45) is 0 Å². The average Bonchev–Trinajstić information content (AvgIpc) is 3.02. The fourth-order valence-electron chi connectivity index (χ4n) is 3.17. The van der Waals surface area contributed by atoms with E-state index in [-0.39, 0.29) is 5.82 Å². The smallest absolute Gasteiger partial charge is 0.168 e. The number of hydrogen-bond acceptors (Lipinski definition) is 4. The molecule has 5 nitrogen and oxygen atoms in total. The summed E-state index contributed by atoms with van der Waals surface area (Å²) in [5.74, 6) is 0.565. The molecule has 3 aromatic rings. The average molecular weight is 311 g/mol. The van der Waals surface area contributed by atoms with E-state index in [4.69, 9.17) is 0 Å². The van der Waals surface area contributed by atoms with Gasteiger partial charge in [-0.1, -0.05) is 19.3 Å². The maximum Gasteiger partial charge on any atom is 0.168 e.